The van der Waals surface area contributed by atoms with E-state index in [0.717, 1.165) is 65.9 Å². The van der Waals surface area contributed by atoms with Crippen molar-refractivity contribution in [2.45, 2.75) is 44.4 Å². The number of likely N-dealkylation sites (N-methyl/N-ethyl adjacent to an activating group) is 2. The van der Waals surface area contributed by atoms with E-state index in [4.69, 9.17) is 18.9 Å². The lowest BCUT2D eigenvalue weighted by Gasteiger charge is -2.37. The minimum atomic E-state index is -0.141. The maximum atomic E-state index is 10.4. The van der Waals surface area contributed by atoms with E-state index in [1.165, 1.54) is 27.8 Å². The van der Waals surface area contributed by atoms with Crippen molar-refractivity contribution in [2.75, 3.05) is 41.4 Å². The molecule has 4 aromatic rings. The fourth-order valence-electron chi connectivity index (χ4n) is 7.18. The van der Waals surface area contributed by atoms with Crippen LogP contribution in [0, 0.1) is 0 Å². The van der Waals surface area contributed by atoms with Crippen LogP contribution in [0.1, 0.15) is 51.0 Å². The van der Waals surface area contributed by atoms with Gasteiger partial charge in [0.15, 0.2) is 23.0 Å². The first-order valence-electron chi connectivity index (χ1n) is 15.5. The smallest absolute Gasteiger partial charge is 0.174 e. The van der Waals surface area contributed by atoms with Crippen molar-refractivity contribution in [3.8, 4) is 34.5 Å². The van der Waals surface area contributed by atoms with Gasteiger partial charge in [-0.3, -0.25) is 9.80 Å². The minimum absolute atomic E-state index is 0.0318. The summed E-state index contributed by atoms with van der Waals surface area (Å²) in [7, 11) is 7.69. The summed E-state index contributed by atoms with van der Waals surface area (Å²) in [5.74, 6) is 4.14. The van der Waals surface area contributed by atoms with Crippen LogP contribution in [0.4, 0.5) is 0 Å². The predicted octanol–water partition coefficient (Wildman–Crippen LogP) is 7.40. The number of aliphatic hydroxyl groups is 1. The number of hydrogen-bond donors (Lipinski definition) is 1. The van der Waals surface area contributed by atoms with E-state index >= 15 is 0 Å². The molecule has 2 atom stereocenters. The predicted molar refractivity (Wildman–Crippen MR) is 178 cm³/mol. The van der Waals surface area contributed by atoms with Crippen LogP contribution in [0.25, 0.3) is 0 Å². The molecule has 0 saturated carbocycles. The van der Waals surface area contributed by atoms with Crippen molar-refractivity contribution >= 4 is 15.9 Å². The van der Waals surface area contributed by atoms with Crippen LogP contribution in [-0.2, 0) is 32.3 Å². The third-order valence-corrected chi connectivity index (χ3v) is 10.3. The zero-order valence-electron chi connectivity index (χ0n) is 26.2. The van der Waals surface area contributed by atoms with Crippen LogP contribution in [0.5, 0.6) is 34.5 Å². The summed E-state index contributed by atoms with van der Waals surface area (Å²) in [6, 6.07) is 21.3. The van der Waals surface area contributed by atoms with Gasteiger partial charge in [0.2, 0.25) is 0 Å². The molecule has 0 aliphatic carbocycles. The van der Waals surface area contributed by atoms with E-state index in [-0.39, 0.29) is 18.7 Å². The SMILES string of the molecule is COc1cc2c3cc1Oc1c(OC)c(CO)cc4c1[C@H](Cc1ccc(cc1)Oc1cc(ccc1Br)C[C@H]3N(C)CC2)N(C)CC4. The molecule has 0 radical (unpaired) electrons. The molecule has 4 aromatic carbocycles. The van der Waals surface area contributed by atoms with Crippen molar-refractivity contribution in [1.82, 2.24) is 9.80 Å². The molecule has 0 unspecified atom stereocenters. The summed E-state index contributed by atoms with van der Waals surface area (Å²) in [6.07, 6.45) is 3.36. The first-order chi connectivity index (χ1) is 21.9. The minimum Gasteiger partial charge on any atom is -0.493 e. The number of hydrogen-bond acceptors (Lipinski definition) is 7. The average molecular weight is 672 g/mol. The normalized spacial score (nSPS) is 19.5. The van der Waals surface area contributed by atoms with Crippen LogP contribution in [0.2, 0.25) is 0 Å². The molecule has 0 saturated heterocycles. The summed E-state index contributed by atoms with van der Waals surface area (Å²) < 4.78 is 26.3. The third-order valence-electron chi connectivity index (χ3n) is 9.68. The highest BCUT2D eigenvalue weighted by atomic mass is 79.9. The van der Waals surface area contributed by atoms with Gasteiger partial charge in [-0.1, -0.05) is 18.2 Å². The first kappa shape index (κ1) is 30.1. The van der Waals surface area contributed by atoms with Crippen molar-refractivity contribution < 1.29 is 24.1 Å². The van der Waals surface area contributed by atoms with Gasteiger partial charge in [0, 0.05) is 36.3 Å². The Labute approximate surface area is 273 Å². The summed E-state index contributed by atoms with van der Waals surface area (Å²) >= 11 is 3.71. The van der Waals surface area contributed by atoms with Gasteiger partial charge in [-0.15, -0.1) is 0 Å². The van der Waals surface area contributed by atoms with Crippen LogP contribution in [0.15, 0.2) is 65.1 Å². The number of methoxy groups -OCH3 is 2. The molecule has 4 aliphatic heterocycles. The largest absolute Gasteiger partial charge is 0.493 e. The second-order valence-corrected chi connectivity index (χ2v) is 13.2. The fourth-order valence-corrected chi connectivity index (χ4v) is 7.51. The molecule has 6 bridgehead atoms. The molecule has 8 heteroatoms. The topological polar surface area (TPSA) is 63.6 Å². The standard InChI is InChI=1S/C37H39BrN2O5/c1-39-13-11-24-19-33(42-3)34-20-28(24)30(39)16-23-7-10-29(38)32(17-23)44-27-8-5-22(6-9-27)15-31-35-25(12-14-40(31)2)18-26(21-41)36(43-4)37(35)45-34/h5-10,17-20,30-31,41H,11-16,21H2,1-4H3/t30-,31+/m1/s1. The quantitative estimate of drug-likeness (QED) is 0.244. The molecule has 4 heterocycles. The molecule has 45 heavy (non-hydrogen) atoms. The highest BCUT2D eigenvalue weighted by molar-refractivity contribution is 9.10. The molecule has 0 amide bonds. The Morgan fingerprint density at radius 2 is 1.51 bits per heavy atom. The Hall–Kier alpha value is -3.56. The van der Waals surface area contributed by atoms with Crippen molar-refractivity contribution in [2.24, 2.45) is 0 Å². The average Bonchev–Trinajstić information content (AvgIpc) is 3.05. The third kappa shape index (κ3) is 5.58. The second kappa shape index (κ2) is 12.3. The molecule has 4 aliphatic rings. The van der Waals surface area contributed by atoms with Crippen molar-refractivity contribution in [3.05, 3.63) is 104 Å². The molecule has 234 valence electrons. The van der Waals surface area contributed by atoms with Gasteiger partial charge in [0.1, 0.15) is 11.5 Å². The van der Waals surface area contributed by atoms with Gasteiger partial charge in [-0.05, 0) is 126 Å². The Bertz CT molecular complexity index is 1740. The Balaban J connectivity index is 1.46. The monoisotopic (exact) mass is 670 g/mol. The lowest BCUT2D eigenvalue weighted by molar-refractivity contribution is 0.219. The van der Waals surface area contributed by atoms with Gasteiger partial charge in [0.25, 0.3) is 0 Å². The van der Waals surface area contributed by atoms with E-state index < -0.39 is 0 Å². The number of nitrogens with zero attached hydrogens (tertiary/aromatic N) is 2. The van der Waals surface area contributed by atoms with Crippen LogP contribution in [0.3, 0.4) is 0 Å². The molecular weight excluding hydrogens is 632 g/mol. The number of benzene rings is 4. The molecule has 8 rings (SSSR count). The molecular formula is C37H39BrN2O5. The molecule has 0 aromatic heterocycles. The van der Waals surface area contributed by atoms with E-state index in [1.54, 1.807) is 14.2 Å². The molecule has 1 N–H and O–H groups in total. The van der Waals surface area contributed by atoms with Crippen LogP contribution >= 0.6 is 15.9 Å². The van der Waals surface area contributed by atoms with Gasteiger partial charge >= 0.3 is 0 Å². The zero-order valence-corrected chi connectivity index (χ0v) is 27.8. The number of fused-ring (bicyclic) bond motifs is 2. The van der Waals surface area contributed by atoms with E-state index in [2.05, 4.69) is 88.4 Å². The highest BCUT2D eigenvalue weighted by Gasteiger charge is 2.34. The maximum absolute atomic E-state index is 10.4. The van der Waals surface area contributed by atoms with Gasteiger partial charge in [-0.25, -0.2) is 0 Å². The fraction of sp³-hybridized carbons (Fsp3) is 0.351. The van der Waals surface area contributed by atoms with Crippen molar-refractivity contribution in [1.29, 1.82) is 0 Å². The Morgan fingerprint density at radius 1 is 0.800 bits per heavy atom. The number of halogens is 1. The lowest BCUT2D eigenvalue weighted by atomic mass is 9.86. The van der Waals surface area contributed by atoms with Gasteiger partial charge < -0.3 is 24.1 Å². The van der Waals surface area contributed by atoms with Crippen LogP contribution in [-0.4, -0.2) is 56.3 Å². The summed E-state index contributed by atoms with van der Waals surface area (Å²) in [5, 5.41) is 10.4. The van der Waals surface area contributed by atoms with Crippen molar-refractivity contribution in [3.63, 3.8) is 0 Å². The molecule has 0 fully saturated rings. The molecule has 7 nitrogen and oxygen atoms in total. The Kier molecular flexibility index (Phi) is 8.25. The summed E-state index contributed by atoms with van der Waals surface area (Å²) in [6.45, 7) is 1.70. The second-order valence-electron chi connectivity index (χ2n) is 12.3. The van der Waals surface area contributed by atoms with E-state index in [0.29, 0.717) is 23.0 Å². The highest BCUT2D eigenvalue weighted by Crippen LogP contribution is 2.50. The van der Waals surface area contributed by atoms with E-state index in [9.17, 15) is 5.11 Å². The number of ether oxygens (including phenoxy) is 4. The molecule has 0 spiro atoms. The number of rotatable bonds is 3. The maximum Gasteiger partial charge on any atom is 0.174 e. The summed E-state index contributed by atoms with van der Waals surface area (Å²) in [5.41, 5.74) is 7.84. The first-order valence-corrected chi connectivity index (χ1v) is 16.3. The van der Waals surface area contributed by atoms with Crippen LogP contribution < -0.4 is 18.9 Å². The number of aliphatic hydroxyl groups excluding tert-OH is 1. The lowest BCUT2D eigenvalue weighted by Crippen LogP contribution is -2.34. The zero-order chi connectivity index (χ0) is 31.2. The summed E-state index contributed by atoms with van der Waals surface area (Å²) in [4.78, 5) is 4.80. The Morgan fingerprint density at radius 3 is 2.24 bits per heavy atom. The van der Waals surface area contributed by atoms with Gasteiger partial charge in [-0.2, -0.15) is 0 Å². The van der Waals surface area contributed by atoms with E-state index in [1.807, 2.05) is 12.1 Å². The van der Waals surface area contributed by atoms with Gasteiger partial charge in [0.05, 0.1) is 25.3 Å².